The molecule has 1 fully saturated rings. The van der Waals surface area contributed by atoms with Crippen LogP contribution in [0.4, 0.5) is 0 Å². The molecule has 1 aliphatic heterocycles. The average molecular weight is 283 g/mol. The molecule has 1 aromatic heterocycles. The lowest BCUT2D eigenvalue weighted by molar-refractivity contribution is 0.0706. The van der Waals surface area contributed by atoms with Crippen LogP contribution in [0.2, 0.25) is 0 Å². The van der Waals surface area contributed by atoms with Gasteiger partial charge in [-0.05, 0) is 37.3 Å². The number of aryl methyl sites for hydroxylation is 2. The van der Waals surface area contributed by atoms with Crippen molar-refractivity contribution in [1.29, 1.82) is 0 Å². The number of amides is 1. The highest BCUT2D eigenvalue weighted by Gasteiger charge is 2.25. The maximum atomic E-state index is 12.5. The first-order valence-electron chi connectivity index (χ1n) is 7.50. The normalized spacial score (nSPS) is 16.2. The summed E-state index contributed by atoms with van der Waals surface area (Å²) < 4.78 is 1.75. The van der Waals surface area contributed by atoms with E-state index in [1.54, 1.807) is 4.68 Å². The number of benzene rings is 1. The van der Waals surface area contributed by atoms with Crippen LogP contribution < -0.4 is 0 Å². The average Bonchev–Trinajstić information content (AvgIpc) is 2.87. The fourth-order valence-electron chi connectivity index (χ4n) is 2.97. The summed E-state index contributed by atoms with van der Waals surface area (Å²) >= 11 is 0. The zero-order valence-corrected chi connectivity index (χ0v) is 12.6. The maximum Gasteiger partial charge on any atom is 0.274 e. The van der Waals surface area contributed by atoms with Gasteiger partial charge in [0.1, 0.15) is 0 Å². The van der Waals surface area contributed by atoms with Crippen molar-refractivity contribution in [2.75, 3.05) is 13.1 Å². The van der Waals surface area contributed by atoms with E-state index >= 15 is 0 Å². The van der Waals surface area contributed by atoms with Crippen molar-refractivity contribution in [2.45, 2.75) is 25.7 Å². The zero-order valence-electron chi connectivity index (χ0n) is 12.6. The number of hydrogen-bond donors (Lipinski definition) is 0. The van der Waals surface area contributed by atoms with Crippen LogP contribution in [0.3, 0.4) is 0 Å². The fourth-order valence-corrected chi connectivity index (χ4v) is 2.97. The van der Waals surface area contributed by atoms with E-state index in [0.717, 1.165) is 31.6 Å². The van der Waals surface area contributed by atoms with Gasteiger partial charge >= 0.3 is 0 Å². The summed E-state index contributed by atoms with van der Waals surface area (Å²) in [6, 6.07) is 12.5. The Bertz CT molecular complexity index is 605. The Hall–Kier alpha value is -2.10. The van der Waals surface area contributed by atoms with E-state index in [0.29, 0.717) is 11.6 Å². The molecule has 2 heterocycles. The van der Waals surface area contributed by atoms with E-state index < -0.39 is 0 Å². The highest BCUT2D eigenvalue weighted by Crippen LogP contribution is 2.28. The lowest BCUT2D eigenvalue weighted by Gasteiger charge is -2.31. The predicted octanol–water partition coefficient (Wildman–Crippen LogP) is 2.75. The summed E-state index contributed by atoms with van der Waals surface area (Å²) in [6.07, 6.45) is 2.06. The van der Waals surface area contributed by atoms with Crippen molar-refractivity contribution in [3.8, 4) is 0 Å². The molecule has 110 valence electrons. The third kappa shape index (κ3) is 2.84. The molecule has 0 atom stereocenters. The minimum atomic E-state index is 0.0604. The molecule has 2 aromatic rings. The van der Waals surface area contributed by atoms with Crippen LogP contribution in [0.5, 0.6) is 0 Å². The first-order valence-corrected chi connectivity index (χ1v) is 7.50. The molecular formula is C17H21N3O. The summed E-state index contributed by atoms with van der Waals surface area (Å²) in [4.78, 5) is 14.4. The number of piperidine rings is 1. The van der Waals surface area contributed by atoms with Gasteiger partial charge in [-0.1, -0.05) is 30.3 Å². The summed E-state index contributed by atoms with van der Waals surface area (Å²) in [5.74, 6) is 0.630. The van der Waals surface area contributed by atoms with Gasteiger partial charge in [-0.15, -0.1) is 0 Å². The summed E-state index contributed by atoms with van der Waals surface area (Å²) in [5, 5.41) is 4.29. The first-order chi connectivity index (χ1) is 10.1. The third-order valence-electron chi connectivity index (χ3n) is 4.39. The molecule has 1 saturated heterocycles. The third-order valence-corrected chi connectivity index (χ3v) is 4.39. The molecule has 0 saturated carbocycles. The van der Waals surface area contributed by atoms with Gasteiger partial charge in [-0.2, -0.15) is 5.10 Å². The predicted molar refractivity (Wildman–Crippen MR) is 82.3 cm³/mol. The number of carbonyl (C=O) groups is 1. The van der Waals surface area contributed by atoms with E-state index in [9.17, 15) is 4.79 Å². The number of hydrogen-bond acceptors (Lipinski definition) is 2. The number of aromatic nitrogens is 2. The number of likely N-dealkylation sites (tertiary alicyclic amines) is 1. The van der Waals surface area contributed by atoms with E-state index in [-0.39, 0.29) is 5.91 Å². The van der Waals surface area contributed by atoms with Gasteiger partial charge in [0.05, 0.1) is 0 Å². The molecule has 1 amide bonds. The van der Waals surface area contributed by atoms with Gasteiger partial charge in [-0.3, -0.25) is 9.48 Å². The van der Waals surface area contributed by atoms with Crippen molar-refractivity contribution in [2.24, 2.45) is 7.05 Å². The molecule has 1 aliphatic rings. The topological polar surface area (TPSA) is 38.1 Å². The van der Waals surface area contributed by atoms with Crippen molar-refractivity contribution >= 4 is 5.91 Å². The van der Waals surface area contributed by atoms with Gasteiger partial charge in [-0.25, -0.2) is 0 Å². The Morgan fingerprint density at radius 2 is 1.86 bits per heavy atom. The molecule has 4 heteroatoms. The Labute approximate surface area is 125 Å². The lowest BCUT2D eigenvalue weighted by Crippen LogP contribution is -2.38. The summed E-state index contributed by atoms with van der Waals surface area (Å²) in [6.45, 7) is 3.59. The summed E-state index contributed by atoms with van der Waals surface area (Å²) in [7, 11) is 1.87. The molecule has 0 N–H and O–H groups in total. The van der Waals surface area contributed by atoms with Gasteiger partial charge < -0.3 is 4.90 Å². The highest BCUT2D eigenvalue weighted by atomic mass is 16.2. The van der Waals surface area contributed by atoms with Crippen molar-refractivity contribution in [3.63, 3.8) is 0 Å². The number of nitrogens with zero attached hydrogens (tertiary/aromatic N) is 3. The Morgan fingerprint density at radius 1 is 1.19 bits per heavy atom. The van der Waals surface area contributed by atoms with Crippen LogP contribution in [0.1, 0.15) is 40.5 Å². The second kappa shape index (κ2) is 5.72. The molecule has 0 radical (unpaired) electrons. The lowest BCUT2D eigenvalue weighted by atomic mass is 9.89. The van der Waals surface area contributed by atoms with E-state index in [4.69, 9.17) is 0 Å². The molecule has 0 aliphatic carbocycles. The monoisotopic (exact) mass is 283 g/mol. The minimum absolute atomic E-state index is 0.0604. The zero-order chi connectivity index (χ0) is 14.8. The Kier molecular flexibility index (Phi) is 3.78. The van der Waals surface area contributed by atoms with Crippen LogP contribution in [0.25, 0.3) is 0 Å². The smallest absolute Gasteiger partial charge is 0.274 e. The second-order valence-electron chi connectivity index (χ2n) is 5.77. The van der Waals surface area contributed by atoms with Gasteiger partial charge in [0.25, 0.3) is 5.91 Å². The quantitative estimate of drug-likeness (QED) is 0.850. The van der Waals surface area contributed by atoms with E-state index in [2.05, 4.69) is 29.4 Å². The Morgan fingerprint density at radius 3 is 2.43 bits per heavy atom. The first kappa shape index (κ1) is 13.9. The highest BCUT2D eigenvalue weighted by molar-refractivity contribution is 5.92. The summed E-state index contributed by atoms with van der Waals surface area (Å²) in [5.41, 5.74) is 2.96. The van der Waals surface area contributed by atoms with Gasteiger partial charge in [0.15, 0.2) is 5.69 Å². The van der Waals surface area contributed by atoms with Gasteiger partial charge in [0.2, 0.25) is 0 Å². The molecule has 0 bridgehead atoms. The van der Waals surface area contributed by atoms with Crippen LogP contribution in [-0.4, -0.2) is 33.7 Å². The molecule has 21 heavy (non-hydrogen) atoms. The fraction of sp³-hybridized carbons (Fsp3) is 0.412. The van der Waals surface area contributed by atoms with Crippen molar-refractivity contribution in [3.05, 3.63) is 53.3 Å². The molecule has 1 aromatic carbocycles. The molecule has 0 spiro atoms. The van der Waals surface area contributed by atoms with Crippen LogP contribution in [0.15, 0.2) is 36.4 Å². The number of carbonyl (C=O) groups excluding carboxylic acids is 1. The second-order valence-corrected chi connectivity index (χ2v) is 5.77. The largest absolute Gasteiger partial charge is 0.337 e. The van der Waals surface area contributed by atoms with Gasteiger partial charge in [0, 0.05) is 25.8 Å². The van der Waals surface area contributed by atoms with Crippen molar-refractivity contribution < 1.29 is 4.79 Å². The van der Waals surface area contributed by atoms with Crippen molar-refractivity contribution in [1.82, 2.24) is 14.7 Å². The molecule has 4 nitrogen and oxygen atoms in total. The molecule has 3 rings (SSSR count). The number of rotatable bonds is 2. The maximum absolute atomic E-state index is 12.5. The molecule has 0 unspecified atom stereocenters. The SMILES string of the molecule is Cc1cc(C(=O)N2CCC(c3ccccc3)CC2)nn1C. The van der Waals surface area contributed by atoms with Crippen LogP contribution >= 0.6 is 0 Å². The standard InChI is InChI=1S/C17H21N3O/c1-13-12-16(18-19(13)2)17(21)20-10-8-15(9-11-20)14-6-4-3-5-7-14/h3-7,12,15H,8-11H2,1-2H3. The Balaban J connectivity index is 1.64. The van der Waals surface area contributed by atoms with E-state index in [1.165, 1.54) is 5.56 Å². The van der Waals surface area contributed by atoms with E-state index in [1.807, 2.05) is 31.0 Å². The van der Waals surface area contributed by atoms with Crippen LogP contribution in [0, 0.1) is 6.92 Å². The minimum Gasteiger partial charge on any atom is -0.337 e. The van der Waals surface area contributed by atoms with Crippen LogP contribution in [-0.2, 0) is 7.05 Å². The molecular weight excluding hydrogens is 262 g/mol.